The highest BCUT2D eigenvalue weighted by atomic mass is 16.2. The maximum Gasteiger partial charge on any atom is 0.267 e. The molecule has 0 unspecified atom stereocenters. The van der Waals surface area contributed by atoms with Gasteiger partial charge < -0.3 is 5.32 Å². The molecule has 8 heteroatoms. The van der Waals surface area contributed by atoms with Crippen LogP contribution in [0.25, 0.3) is 11.0 Å². The Morgan fingerprint density at radius 3 is 2.90 bits per heavy atom. The van der Waals surface area contributed by atoms with Crippen LogP contribution in [0, 0.1) is 0 Å². The minimum Gasteiger partial charge on any atom is -0.352 e. The molecular formula is C21H26N6O2. The Kier molecular flexibility index (Phi) is 5.69. The first-order valence-corrected chi connectivity index (χ1v) is 10.3. The number of para-hydroxylation sites is 1. The van der Waals surface area contributed by atoms with Crippen molar-refractivity contribution in [2.24, 2.45) is 0 Å². The van der Waals surface area contributed by atoms with Crippen LogP contribution in [0.3, 0.4) is 0 Å². The number of nitrogens with zero attached hydrogens (tertiary/aromatic N) is 5. The maximum absolute atomic E-state index is 12.4. The summed E-state index contributed by atoms with van der Waals surface area (Å²) in [6, 6.07) is 9.20. The summed E-state index contributed by atoms with van der Waals surface area (Å²) in [5, 5.41) is 15.7. The Morgan fingerprint density at radius 1 is 1.17 bits per heavy atom. The smallest absolute Gasteiger partial charge is 0.267 e. The Morgan fingerprint density at radius 2 is 2.00 bits per heavy atom. The third-order valence-corrected chi connectivity index (χ3v) is 5.35. The van der Waals surface area contributed by atoms with Crippen molar-refractivity contribution in [3.8, 4) is 0 Å². The molecule has 0 fully saturated rings. The highest BCUT2D eigenvalue weighted by Gasteiger charge is 2.15. The largest absolute Gasteiger partial charge is 0.352 e. The van der Waals surface area contributed by atoms with Gasteiger partial charge in [0.05, 0.1) is 24.3 Å². The Labute approximate surface area is 168 Å². The van der Waals surface area contributed by atoms with E-state index >= 15 is 0 Å². The van der Waals surface area contributed by atoms with E-state index in [9.17, 15) is 9.59 Å². The molecule has 0 spiro atoms. The molecule has 0 saturated heterocycles. The predicted molar refractivity (Wildman–Crippen MR) is 110 cm³/mol. The zero-order valence-electron chi connectivity index (χ0n) is 16.7. The predicted octanol–water partition coefficient (Wildman–Crippen LogP) is 1.85. The van der Waals surface area contributed by atoms with Gasteiger partial charge in [-0.25, -0.2) is 9.36 Å². The van der Waals surface area contributed by atoms with Crippen LogP contribution in [0.4, 0.5) is 0 Å². The van der Waals surface area contributed by atoms with Gasteiger partial charge in [0, 0.05) is 18.5 Å². The van der Waals surface area contributed by atoms with Gasteiger partial charge >= 0.3 is 0 Å². The van der Waals surface area contributed by atoms with E-state index in [1.807, 2.05) is 31.2 Å². The van der Waals surface area contributed by atoms with Crippen molar-refractivity contribution in [1.29, 1.82) is 0 Å². The normalized spacial score (nSPS) is 14.9. The van der Waals surface area contributed by atoms with E-state index < -0.39 is 0 Å². The van der Waals surface area contributed by atoms with E-state index in [0.29, 0.717) is 19.5 Å². The minimum absolute atomic E-state index is 0.0834. The number of hydrogen-bond acceptors (Lipinski definition) is 5. The molecule has 2 heterocycles. The highest BCUT2D eigenvalue weighted by molar-refractivity contribution is 5.77. The summed E-state index contributed by atoms with van der Waals surface area (Å²) in [5.41, 5.74) is 3.74. The van der Waals surface area contributed by atoms with E-state index in [0.717, 1.165) is 48.0 Å². The fraction of sp³-hybridized carbons (Fsp3) is 0.476. The van der Waals surface area contributed by atoms with Gasteiger partial charge in [0.25, 0.3) is 5.56 Å². The number of fused-ring (bicyclic) bond motifs is 2. The minimum atomic E-state index is -0.191. The zero-order chi connectivity index (χ0) is 20.2. The van der Waals surface area contributed by atoms with E-state index in [-0.39, 0.29) is 17.5 Å². The Bertz CT molecular complexity index is 1070. The molecule has 0 radical (unpaired) electrons. The lowest BCUT2D eigenvalue weighted by atomic mass is 10.1. The van der Waals surface area contributed by atoms with Crippen LogP contribution in [-0.2, 0) is 30.7 Å². The third kappa shape index (κ3) is 4.52. The van der Waals surface area contributed by atoms with Crippen molar-refractivity contribution < 1.29 is 4.79 Å². The molecule has 1 aliphatic rings. The number of nitrogens with one attached hydrogen (secondary N) is 1. The Balaban J connectivity index is 1.34. The molecule has 1 N–H and O–H groups in total. The topological polar surface area (TPSA) is 94.7 Å². The van der Waals surface area contributed by atoms with Crippen LogP contribution in [0.2, 0.25) is 0 Å². The van der Waals surface area contributed by atoms with E-state index in [1.54, 1.807) is 10.7 Å². The second-order valence-corrected chi connectivity index (χ2v) is 7.72. The van der Waals surface area contributed by atoms with Crippen LogP contribution in [0.15, 0.2) is 35.1 Å². The van der Waals surface area contributed by atoms with Crippen molar-refractivity contribution in [2.75, 3.05) is 0 Å². The Hall–Kier alpha value is -3.03. The van der Waals surface area contributed by atoms with Gasteiger partial charge in [0.2, 0.25) is 5.91 Å². The van der Waals surface area contributed by atoms with Crippen molar-refractivity contribution in [3.05, 3.63) is 51.9 Å². The van der Waals surface area contributed by atoms with Crippen molar-refractivity contribution in [3.63, 3.8) is 0 Å². The fourth-order valence-corrected chi connectivity index (χ4v) is 3.85. The molecule has 1 aliphatic carbocycles. The first kappa shape index (κ1) is 19.3. The number of aromatic nitrogens is 5. The van der Waals surface area contributed by atoms with E-state index in [2.05, 4.69) is 20.7 Å². The first-order valence-electron chi connectivity index (χ1n) is 10.3. The summed E-state index contributed by atoms with van der Waals surface area (Å²) < 4.78 is 3.22. The summed E-state index contributed by atoms with van der Waals surface area (Å²) in [7, 11) is 0. The van der Waals surface area contributed by atoms with Crippen LogP contribution in [0.5, 0.6) is 0 Å². The standard InChI is InChI=1S/C21H26N6O2/c1-15(14-27-21(29)13-16-7-3-2-4-8-17(16)24-27)22-20(28)11-12-26-19-10-6-5-9-18(19)23-25-26/h5-6,9-10,13,15H,2-4,7-8,11-12,14H2,1H3,(H,22,28)/t15-/m1/s1. The van der Waals surface area contributed by atoms with Gasteiger partial charge in [-0.15, -0.1) is 5.10 Å². The third-order valence-electron chi connectivity index (χ3n) is 5.35. The number of rotatable bonds is 6. The molecule has 1 aromatic carbocycles. The summed E-state index contributed by atoms with van der Waals surface area (Å²) in [4.78, 5) is 24.8. The molecule has 152 valence electrons. The molecule has 0 saturated carbocycles. The molecule has 0 bridgehead atoms. The van der Waals surface area contributed by atoms with Gasteiger partial charge in [-0.05, 0) is 50.3 Å². The molecule has 0 aliphatic heterocycles. The van der Waals surface area contributed by atoms with Gasteiger partial charge in [-0.3, -0.25) is 9.59 Å². The van der Waals surface area contributed by atoms with Crippen LogP contribution < -0.4 is 10.9 Å². The van der Waals surface area contributed by atoms with Crippen molar-refractivity contribution in [2.45, 2.75) is 64.6 Å². The lowest BCUT2D eigenvalue weighted by Crippen LogP contribution is -2.39. The number of aryl methyl sites for hydroxylation is 3. The molecule has 2 aromatic heterocycles. The molecule has 29 heavy (non-hydrogen) atoms. The molecule has 8 nitrogen and oxygen atoms in total. The lowest BCUT2D eigenvalue weighted by molar-refractivity contribution is -0.122. The van der Waals surface area contributed by atoms with Gasteiger partial charge in [-0.2, -0.15) is 5.10 Å². The number of carbonyl (C=O) groups excluding carboxylic acids is 1. The van der Waals surface area contributed by atoms with Crippen molar-refractivity contribution in [1.82, 2.24) is 30.1 Å². The van der Waals surface area contributed by atoms with Gasteiger partial charge in [0.1, 0.15) is 5.52 Å². The lowest BCUT2D eigenvalue weighted by Gasteiger charge is -2.16. The molecule has 4 rings (SSSR count). The molecular weight excluding hydrogens is 368 g/mol. The molecule has 3 aromatic rings. The maximum atomic E-state index is 12.4. The monoisotopic (exact) mass is 394 g/mol. The number of hydrogen-bond donors (Lipinski definition) is 1. The van der Waals surface area contributed by atoms with Gasteiger partial charge in [-0.1, -0.05) is 23.8 Å². The summed E-state index contributed by atoms with van der Waals surface area (Å²) >= 11 is 0. The number of amides is 1. The highest BCUT2D eigenvalue weighted by Crippen LogP contribution is 2.17. The SMILES string of the molecule is C[C@H](Cn1nc2c(cc1=O)CCCCC2)NC(=O)CCn1nnc2ccccc21. The summed E-state index contributed by atoms with van der Waals surface area (Å²) in [5.74, 6) is -0.0834. The van der Waals surface area contributed by atoms with Crippen LogP contribution >= 0.6 is 0 Å². The second kappa shape index (κ2) is 8.55. The van der Waals surface area contributed by atoms with E-state index in [4.69, 9.17) is 0 Å². The number of benzene rings is 1. The molecule has 1 amide bonds. The zero-order valence-corrected chi connectivity index (χ0v) is 16.7. The average molecular weight is 394 g/mol. The average Bonchev–Trinajstić information content (AvgIpc) is 2.98. The fourth-order valence-electron chi connectivity index (χ4n) is 3.85. The molecule has 1 atom stereocenters. The van der Waals surface area contributed by atoms with Crippen molar-refractivity contribution >= 4 is 16.9 Å². The quantitative estimate of drug-likeness (QED) is 0.644. The summed E-state index contributed by atoms with van der Waals surface area (Å²) in [6.45, 7) is 2.71. The number of carbonyl (C=O) groups is 1. The second-order valence-electron chi connectivity index (χ2n) is 7.72. The first-order chi connectivity index (χ1) is 14.1. The van der Waals surface area contributed by atoms with E-state index in [1.165, 1.54) is 11.1 Å². The van der Waals surface area contributed by atoms with Crippen LogP contribution in [0.1, 0.15) is 43.9 Å². The van der Waals surface area contributed by atoms with Crippen LogP contribution in [-0.4, -0.2) is 36.7 Å². The summed E-state index contributed by atoms with van der Waals surface area (Å²) in [6.07, 6.45) is 5.55. The van der Waals surface area contributed by atoms with Gasteiger partial charge in [0.15, 0.2) is 0 Å².